The summed E-state index contributed by atoms with van der Waals surface area (Å²) in [5.74, 6) is 1.33. The zero-order chi connectivity index (χ0) is 14.9. The molecule has 1 fully saturated rings. The van der Waals surface area contributed by atoms with Gasteiger partial charge in [0.25, 0.3) is 0 Å². The van der Waals surface area contributed by atoms with Crippen LogP contribution in [0, 0.1) is 11.8 Å². The highest BCUT2D eigenvalue weighted by molar-refractivity contribution is 7.90. The molecule has 0 radical (unpaired) electrons. The lowest BCUT2D eigenvalue weighted by atomic mass is 9.97. The molecule has 0 amide bonds. The van der Waals surface area contributed by atoms with Gasteiger partial charge in [-0.1, -0.05) is 31.5 Å². The lowest BCUT2D eigenvalue weighted by molar-refractivity contribution is 0.369. The number of benzene rings is 1. The Morgan fingerprint density at radius 2 is 2.00 bits per heavy atom. The van der Waals surface area contributed by atoms with Crippen molar-refractivity contribution in [2.24, 2.45) is 11.8 Å². The average Bonchev–Trinajstić information content (AvgIpc) is 2.67. The maximum Gasteiger partial charge on any atom is 0.175 e. The van der Waals surface area contributed by atoms with Crippen LogP contribution < -0.4 is 5.32 Å². The molecule has 0 heterocycles. The lowest BCUT2D eigenvalue weighted by Crippen LogP contribution is -2.32. The van der Waals surface area contributed by atoms with Gasteiger partial charge in [-0.2, -0.15) is 0 Å². The molecule has 112 valence electrons. The van der Waals surface area contributed by atoms with Crippen LogP contribution >= 0.6 is 11.6 Å². The maximum absolute atomic E-state index is 11.8. The summed E-state index contributed by atoms with van der Waals surface area (Å²) in [6.45, 7) is 5.02. The standard InChI is InChI=1S/C15H22ClNO2S/c1-10-7-8-14(11(10)2)17-9-12-13(16)5-4-6-15(12)20(3,18)19/h4-6,10-11,14,17H,7-9H2,1-3H3. The molecule has 0 aromatic heterocycles. The quantitative estimate of drug-likeness (QED) is 0.927. The number of halogens is 1. The van der Waals surface area contributed by atoms with Crippen LogP contribution in [0.1, 0.15) is 32.3 Å². The average molecular weight is 316 g/mol. The molecule has 5 heteroatoms. The summed E-state index contributed by atoms with van der Waals surface area (Å²) < 4.78 is 23.7. The van der Waals surface area contributed by atoms with Gasteiger partial charge in [0, 0.05) is 29.4 Å². The van der Waals surface area contributed by atoms with E-state index < -0.39 is 9.84 Å². The molecule has 1 saturated carbocycles. The molecular formula is C15H22ClNO2S. The van der Waals surface area contributed by atoms with Crippen LogP contribution in [-0.2, 0) is 16.4 Å². The van der Waals surface area contributed by atoms with Crippen molar-refractivity contribution in [2.45, 2.75) is 44.2 Å². The minimum absolute atomic E-state index is 0.330. The first-order chi connectivity index (χ1) is 9.30. The van der Waals surface area contributed by atoms with Crippen molar-refractivity contribution < 1.29 is 8.42 Å². The monoisotopic (exact) mass is 315 g/mol. The minimum atomic E-state index is -3.25. The molecular weight excluding hydrogens is 294 g/mol. The predicted octanol–water partition coefficient (Wildman–Crippen LogP) is 3.27. The minimum Gasteiger partial charge on any atom is -0.310 e. The van der Waals surface area contributed by atoms with E-state index in [1.54, 1.807) is 18.2 Å². The molecule has 1 aliphatic rings. The highest BCUT2D eigenvalue weighted by atomic mass is 35.5. The van der Waals surface area contributed by atoms with Gasteiger partial charge in [-0.05, 0) is 36.8 Å². The number of rotatable bonds is 4. The highest BCUT2D eigenvalue weighted by Gasteiger charge is 2.29. The summed E-state index contributed by atoms with van der Waals surface area (Å²) in [7, 11) is -3.25. The van der Waals surface area contributed by atoms with E-state index >= 15 is 0 Å². The van der Waals surface area contributed by atoms with E-state index in [9.17, 15) is 8.42 Å². The van der Waals surface area contributed by atoms with Gasteiger partial charge >= 0.3 is 0 Å². The van der Waals surface area contributed by atoms with Crippen LogP contribution in [0.25, 0.3) is 0 Å². The van der Waals surface area contributed by atoms with Crippen LogP contribution in [0.5, 0.6) is 0 Å². The lowest BCUT2D eigenvalue weighted by Gasteiger charge is -2.21. The number of hydrogen-bond acceptors (Lipinski definition) is 3. The molecule has 0 spiro atoms. The van der Waals surface area contributed by atoms with E-state index in [2.05, 4.69) is 19.2 Å². The van der Waals surface area contributed by atoms with E-state index in [1.165, 1.54) is 12.7 Å². The van der Waals surface area contributed by atoms with E-state index in [0.717, 1.165) is 6.42 Å². The Hall–Kier alpha value is -0.580. The molecule has 3 unspecified atom stereocenters. The van der Waals surface area contributed by atoms with E-state index in [4.69, 9.17) is 11.6 Å². The topological polar surface area (TPSA) is 46.2 Å². The largest absolute Gasteiger partial charge is 0.310 e. The Morgan fingerprint density at radius 1 is 1.30 bits per heavy atom. The first-order valence-corrected chi connectivity index (χ1v) is 9.28. The van der Waals surface area contributed by atoms with Crippen molar-refractivity contribution in [1.29, 1.82) is 0 Å². The van der Waals surface area contributed by atoms with E-state index in [1.807, 2.05) is 0 Å². The van der Waals surface area contributed by atoms with E-state index in [-0.39, 0.29) is 0 Å². The second-order valence-corrected chi connectivity index (χ2v) is 8.28. The van der Waals surface area contributed by atoms with Crippen molar-refractivity contribution in [1.82, 2.24) is 5.32 Å². The third kappa shape index (κ3) is 3.35. The molecule has 3 nitrogen and oxygen atoms in total. The molecule has 1 aliphatic carbocycles. The number of sulfone groups is 1. The predicted molar refractivity (Wildman–Crippen MR) is 82.8 cm³/mol. The molecule has 20 heavy (non-hydrogen) atoms. The van der Waals surface area contributed by atoms with Crippen LogP contribution in [0.4, 0.5) is 0 Å². The molecule has 1 aromatic carbocycles. The van der Waals surface area contributed by atoms with Gasteiger partial charge in [0.2, 0.25) is 0 Å². The number of nitrogens with one attached hydrogen (secondary N) is 1. The van der Waals surface area contributed by atoms with Crippen molar-refractivity contribution in [3.8, 4) is 0 Å². The molecule has 2 rings (SSSR count). The Balaban J connectivity index is 2.18. The Morgan fingerprint density at radius 3 is 2.55 bits per heavy atom. The van der Waals surface area contributed by atoms with E-state index in [0.29, 0.717) is 39.9 Å². The van der Waals surface area contributed by atoms with Gasteiger partial charge < -0.3 is 5.32 Å². The summed E-state index contributed by atoms with van der Waals surface area (Å²) in [6.07, 6.45) is 3.59. The molecule has 0 bridgehead atoms. The van der Waals surface area contributed by atoms with Crippen LogP contribution in [0.2, 0.25) is 5.02 Å². The summed E-state index contributed by atoms with van der Waals surface area (Å²) in [4.78, 5) is 0.330. The van der Waals surface area contributed by atoms with Gasteiger partial charge in [-0.25, -0.2) is 8.42 Å². The zero-order valence-electron chi connectivity index (χ0n) is 12.2. The van der Waals surface area contributed by atoms with Crippen LogP contribution in [0.3, 0.4) is 0 Å². The van der Waals surface area contributed by atoms with Crippen molar-refractivity contribution in [3.63, 3.8) is 0 Å². The zero-order valence-corrected chi connectivity index (χ0v) is 13.8. The summed E-state index contributed by atoms with van der Waals surface area (Å²) >= 11 is 6.18. The van der Waals surface area contributed by atoms with Gasteiger partial charge in [-0.15, -0.1) is 0 Å². The maximum atomic E-state index is 11.8. The van der Waals surface area contributed by atoms with Gasteiger partial charge in [0.05, 0.1) is 4.90 Å². The fourth-order valence-corrected chi connectivity index (χ4v) is 4.20. The van der Waals surface area contributed by atoms with Gasteiger partial charge in [0.1, 0.15) is 0 Å². The Labute approximate surface area is 126 Å². The normalized spacial score (nSPS) is 26.9. The Bertz CT molecular complexity index is 586. The molecule has 0 aliphatic heterocycles. The van der Waals surface area contributed by atoms with Crippen molar-refractivity contribution >= 4 is 21.4 Å². The van der Waals surface area contributed by atoms with Crippen molar-refractivity contribution in [2.75, 3.05) is 6.26 Å². The van der Waals surface area contributed by atoms with Crippen molar-refractivity contribution in [3.05, 3.63) is 28.8 Å². The fraction of sp³-hybridized carbons (Fsp3) is 0.600. The fourth-order valence-electron chi connectivity index (χ4n) is 2.94. The van der Waals surface area contributed by atoms with Gasteiger partial charge in [-0.3, -0.25) is 0 Å². The smallest absolute Gasteiger partial charge is 0.175 e. The second-order valence-electron chi connectivity index (χ2n) is 5.89. The SMILES string of the molecule is CC1CCC(NCc2c(Cl)cccc2S(C)(=O)=O)C1C. The summed E-state index contributed by atoms with van der Waals surface area (Å²) in [6, 6.07) is 5.49. The molecule has 0 saturated heterocycles. The van der Waals surface area contributed by atoms with Gasteiger partial charge in [0.15, 0.2) is 9.84 Å². The highest BCUT2D eigenvalue weighted by Crippen LogP contribution is 2.32. The Kier molecular flexibility index (Phi) is 4.77. The first-order valence-electron chi connectivity index (χ1n) is 7.01. The summed E-state index contributed by atoms with van der Waals surface area (Å²) in [5.41, 5.74) is 0.684. The molecule has 1 aromatic rings. The third-order valence-corrected chi connectivity index (χ3v) is 6.02. The molecule has 3 atom stereocenters. The van der Waals surface area contributed by atoms with Crippen LogP contribution in [-0.4, -0.2) is 20.7 Å². The second kappa shape index (κ2) is 6.04. The molecule has 1 N–H and O–H groups in total. The first kappa shape index (κ1) is 15.8. The third-order valence-electron chi connectivity index (χ3n) is 4.48. The van der Waals surface area contributed by atoms with Crippen LogP contribution in [0.15, 0.2) is 23.1 Å². The summed E-state index contributed by atoms with van der Waals surface area (Å²) in [5, 5.41) is 4.00. The number of hydrogen-bond donors (Lipinski definition) is 1.